The van der Waals surface area contributed by atoms with Crippen molar-refractivity contribution in [3.8, 4) is 0 Å². The molecule has 33 heavy (non-hydrogen) atoms. The summed E-state index contributed by atoms with van der Waals surface area (Å²) in [4.78, 5) is 29.1. The van der Waals surface area contributed by atoms with Crippen molar-refractivity contribution >= 4 is 54.4 Å². The summed E-state index contributed by atoms with van der Waals surface area (Å²) in [5.41, 5.74) is 1.20. The van der Waals surface area contributed by atoms with Gasteiger partial charge in [-0.1, -0.05) is 11.3 Å². The molecule has 0 aliphatic carbocycles. The van der Waals surface area contributed by atoms with Gasteiger partial charge in [-0.25, -0.2) is 13.4 Å². The quantitative estimate of drug-likeness (QED) is 0.322. The molecule has 2 heterocycles. The van der Waals surface area contributed by atoms with Crippen molar-refractivity contribution in [3.05, 3.63) is 64.2 Å². The van der Waals surface area contributed by atoms with Crippen molar-refractivity contribution < 1.29 is 18.1 Å². The Labute approximate surface area is 194 Å². The number of anilines is 1. The third kappa shape index (κ3) is 5.25. The van der Waals surface area contributed by atoms with Crippen LogP contribution in [-0.2, 0) is 14.8 Å². The van der Waals surface area contributed by atoms with E-state index in [0.717, 1.165) is 0 Å². The number of hydrogen-bond donors (Lipinski definition) is 1. The van der Waals surface area contributed by atoms with Crippen LogP contribution in [0.4, 0.5) is 10.8 Å². The fraction of sp³-hybridized carbons (Fsp3) is 0.238. The molecule has 1 aromatic heterocycles. The number of carbonyl (C=O) groups is 1. The first-order valence-corrected chi connectivity index (χ1v) is 12.3. The minimum absolute atomic E-state index is 0.0277. The number of nitrogens with one attached hydrogen (secondary N) is 1. The fourth-order valence-corrected chi connectivity index (χ4v) is 5.75. The largest absolute Gasteiger partial charge is 0.304 e. The molecule has 0 saturated carbocycles. The number of rotatable bonds is 6. The SMILES string of the molecule is CN1CCN(S(=O)(=O)c2ccc3nc(NC(=O)/C=C/c4ccc([N+](=O)[O-])cc4)sc3c2)CC1. The van der Waals surface area contributed by atoms with E-state index >= 15 is 0 Å². The van der Waals surface area contributed by atoms with Crippen molar-refractivity contribution in [1.29, 1.82) is 0 Å². The topological polar surface area (TPSA) is 126 Å². The van der Waals surface area contributed by atoms with Gasteiger partial charge in [0.05, 0.1) is 20.0 Å². The van der Waals surface area contributed by atoms with Crippen molar-refractivity contribution in [2.75, 3.05) is 38.5 Å². The molecule has 0 spiro atoms. The van der Waals surface area contributed by atoms with Gasteiger partial charge < -0.3 is 4.90 Å². The first-order chi connectivity index (χ1) is 15.7. The highest BCUT2D eigenvalue weighted by Gasteiger charge is 2.27. The molecule has 2 aromatic carbocycles. The Morgan fingerprint density at radius 2 is 1.85 bits per heavy atom. The number of likely N-dealkylation sites (N-methyl/N-ethyl adjacent to an activating group) is 1. The van der Waals surface area contributed by atoms with Crippen molar-refractivity contribution in [3.63, 3.8) is 0 Å². The van der Waals surface area contributed by atoms with E-state index in [1.54, 1.807) is 24.3 Å². The number of nitro benzene ring substituents is 1. The number of thiazole rings is 1. The van der Waals surface area contributed by atoms with Gasteiger partial charge >= 0.3 is 0 Å². The number of hydrogen-bond acceptors (Lipinski definition) is 8. The van der Waals surface area contributed by atoms with Gasteiger partial charge in [0, 0.05) is 44.4 Å². The van der Waals surface area contributed by atoms with Gasteiger partial charge in [-0.2, -0.15) is 4.31 Å². The molecular formula is C21H21N5O5S2. The molecule has 4 rings (SSSR count). The summed E-state index contributed by atoms with van der Waals surface area (Å²) in [6.07, 6.45) is 2.84. The number of nitrogens with zero attached hydrogens (tertiary/aromatic N) is 4. The third-order valence-corrected chi connectivity index (χ3v) is 8.05. The summed E-state index contributed by atoms with van der Waals surface area (Å²) in [5, 5.41) is 13.7. The molecule has 0 bridgehead atoms. The number of carbonyl (C=O) groups excluding carboxylic acids is 1. The molecule has 0 radical (unpaired) electrons. The number of sulfonamides is 1. The lowest BCUT2D eigenvalue weighted by molar-refractivity contribution is -0.384. The second kappa shape index (κ2) is 9.35. The van der Waals surface area contributed by atoms with Crippen molar-refractivity contribution in [2.45, 2.75) is 4.90 Å². The zero-order valence-electron chi connectivity index (χ0n) is 17.7. The maximum atomic E-state index is 13.0. The van der Waals surface area contributed by atoms with Crippen LogP contribution in [0.3, 0.4) is 0 Å². The lowest BCUT2D eigenvalue weighted by Crippen LogP contribution is -2.46. The zero-order chi connectivity index (χ0) is 23.6. The molecule has 1 N–H and O–H groups in total. The van der Waals surface area contributed by atoms with Gasteiger partial charge in [0.25, 0.3) is 5.69 Å². The minimum atomic E-state index is -3.59. The number of amides is 1. The van der Waals surface area contributed by atoms with Gasteiger partial charge in [0.1, 0.15) is 0 Å². The minimum Gasteiger partial charge on any atom is -0.304 e. The molecule has 1 aliphatic rings. The summed E-state index contributed by atoms with van der Waals surface area (Å²) in [6.45, 7) is 2.27. The van der Waals surface area contributed by atoms with E-state index in [1.165, 1.54) is 46.0 Å². The lowest BCUT2D eigenvalue weighted by Gasteiger charge is -2.31. The van der Waals surface area contributed by atoms with Crippen LogP contribution in [0.1, 0.15) is 5.56 Å². The summed E-state index contributed by atoms with van der Waals surface area (Å²) in [7, 11) is -1.63. The fourth-order valence-electron chi connectivity index (χ4n) is 3.32. The summed E-state index contributed by atoms with van der Waals surface area (Å²) in [5.74, 6) is -0.419. The first kappa shape index (κ1) is 23.0. The highest BCUT2D eigenvalue weighted by molar-refractivity contribution is 7.89. The number of nitro groups is 1. The van der Waals surface area contributed by atoms with Crippen molar-refractivity contribution in [2.24, 2.45) is 0 Å². The number of piperazine rings is 1. The van der Waals surface area contributed by atoms with Crippen LogP contribution >= 0.6 is 11.3 Å². The zero-order valence-corrected chi connectivity index (χ0v) is 19.3. The van der Waals surface area contributed by atoms with Gasteiger partial charge in [0.2, 0.25) is 15.9 Å². The molecule has 1 amide bonds. The predicted octanol–water partition coefficient (Wildman–Crippen LogP) is 2.79. The lowest BCUT2D eigenvalue weighted by atomic mass is 10.2. The number of benzene rings is 2. The predicted molar refractivity (Wildman–Crippen MR) is 127 cm³/mol. The Hall–Kier alpha value is -3.19. The molecule has 10 nitrogen and oxygen atoms in total. The number of fused-ring (bicyclic) bond motifs is 1. The van der Waals surface area contributed by atoms with E-state index in [4.69, 9.17) is 0 Å². The van der Waals surface area contributed by atoms with Gasteiger partial charge in [-0.05, 0) is 49.0 Å². The molecular weight excluding hydrogens is 466 g/mol. The normalized spacial score (nSPS) is 15.8. The van der Waals surface area contributed by atoms with Crippen LogP contribution in [0.25, 0.3) is 16.3 Å². The number of non-ortho nitro benzene ring substituents is 1. The highest BCUT2D eigenvalue weighted by atomic mass is 32.2. The van der Waals surface area contributed by atoms with E-state index < -0.39 is 20.9 Å². The Morgan fingerprint density at radius 3 is 2.52 bits per heavy atom. The first-order valence-electron chi connectivity index (χ1n) is 10.1. The Morgan fingerprint density at radius 1 is 1.15 bits per heavy atom. The van der Waals surface area contributed by atoms with E-state index in [0.29, 0.717) is 47.1 Å². The average molecular weight is 488 g/mol. The Kier molecular flexibility index (Phi) is 6.51. The molecule has 1 fully saturated rings. The van der Waals surface area contributed by atoms with E-state index in [1.807, 2.05) is 7.05 Å². The van der Waals surface area contributed by atoms with E-state index in [9.17, 15) is 23.3 Å². The summed E-state index contributed by atoms with van der Waals surface area (Å²) in [6, 6.07) is 10.6. The smallest absolute Gasteiger partial charge is 0.269 e. The highest BCUT2D eigenvalue weighted by Crippen LogP contribution is 2.29. The van der Waals surface area contributed by atoms with Crippen LogP contribution in [0, 0.1) is 10.1 Å². The molecule has 12 heteroatoms. The summed E-state index contributed by atoms with van der Waals surface area (Å²) >= 11 is 1.19. The Balaban J connectivity index is 1.46. The average Bonchev–Trinajstić information content (AvgIpc) is 3.19. The van der Waals surface area contributed by atoms with Crippen LogP contribution in [0.5, 0.6) is 0 Å². The maximum absolute atomic E-state index is 13.0. The standard InChI is InChI=1S/C21H21N5O5S2/c1-24-10-12-25(13-11-24)33(30,31)17-7-8-18-19(14-17)32-21(22-18)23-20(27)9-4-15-2-5-16(6-3-15)26(28)29/h2-9,14H,10-13H2,1H3,(H,22,23,27)/b9-4+. The molecule has 172 valence electrons. The molecule has 0 unspecified atom stereocenters. The molecule has 1 saturated heterocycles. The van der Waals surface area contributed by atoms with Crippen LogP contribution in [-0.4, -0.2) is 66.7 Å². The molecule has 0 atom stereocenters. The molecule has 3 aromatic rings. The van der Waals surface area contributed by atoms with Crippen LogP contribution in [0.2, 0.25) is 0 Å². The Bertz CT molecular complexity index is 1330. The van der Waals surface area contributed by atoms with Crippen molar-refractivity contribution in [1.82, 2.24) is 14.2 Å². The monoisotopic (exact) mass is 487 g/mol. The second-order valence-electron chi connectivity index (χ2n) is 7.53. The maximum Gasteiger partial charge on any atom is 0.269 e. The van der Waals surface area contributed by atoms with E-state index in [2.05, 4.69) is 15.2 Å². The van der Waals surface area contributed by atoms with Gasteiger partial charge in [-0.3, -0.25) is 20.2 Å². The second-order valence-corrected chi connectivity index (χ2v) is 10.5. The number of aromatic nitrogens is 1. The van der Waals surface area contributed by atoms with E-state index in [-0.39, 0.29) is 10.6 Å². The third-order valence-electron chi connectivity index (χ3n) is 5.22. The van der Waals surface area contributed by atoms with Crippen LogP contribution < -0.4 is 5.32 Å². The van der Waals surface area contributed by atoms with Gasteiger partial charge in [0.15, 0.2) is 5.13 Å². The molecule has 1 aliphatic heterocycles. The summed E-state index contributed by atoms with van der Waals surface area (Å²) < 4.78 is 28.1. The van der Waals surface area contributed by atoms with Crippen LogP contribution in [0.15, 0.2) is 53.4 Å². The van der Waals surface area contributed by atoms with Gasteiger partial charge in [-0.15, -0.1) is 0 Å².